The van der Waals surface area contributed by atoms with E-state index in [-0.39, 0.29) is 0 Å². The molecule has 2 heterocycles. The van der Waals surface area contributed by atoms with Gasteiger partial charge in [-0.05, 0) is 62.1 Å². The van der Waals surface area contributed by atoms with E-state index in [0.717, 1.165) is 25.0 Å². The van der Waals surface area contributed by atoms with Gasteiger partial charge in [-0.2, -0.15) is 0 Å². The van der Waals surface area contributed by atoms with Gasteiger partial charge in [0.05, 0.1) is 0 Å². The van der Waals surface area contributed by atoms with Gasteiger partial charge in [-0.15, -0.1) is 11.3 Å². The molecule has 0 spiro atoms. The van der Waals surface area contributed by atoms with Crippen molar-refractivity contribution in [3.05, 3.63) is 21.9 Å². The molecular formula is C17H28N2S. The maximum Gasteiger partial charge on any atom is 0.0302 e. The van der Waals surface area contributed by atoms with Gasteiger partial charge < -0.3 is 5.32 Å². The van der Waals surface area contributed by atoms with E-state index in [2.05, 4.69) is 28.6 Å². The highest BCUT2D eigenvalue weighted by molar-refractivity contribution is 7.10. The maximum atomic E-state index is 3.64. The molecule has 3 heteroatoms. The predicted molar refractivity (Wildman–Crippen MR) is 87.3 cm³/mol. The molecule has 1 aromatic heterocycles. The number of aryl methyl sites for hydroxylation is 1. The zero-order valence-corrected chi connectivity index (χ0v) is 13.6. The Hall–Kier alpha value is -0.380. The van der Waals surface area contributed by atoms with Crippen LogP contribution in [0.3, 0.4) is 0 Å². The normalized spacial score (nSPS) is 24.8. The molecule has 0 aromatic carbocycles. The van der Waals surface area contributed by atoms with Gasteiger partial charge >= 0.3 is 0 Å². The molecule has 0 bridgehead atoms. The van der Waals surface area contributed by atoms with Crippen molar-refractivity contribution >= 4 is 11.3 Å². The fraction of sp³-hybridized carbons (Fsp3) is 0.765. The van der Waals surface area contributed by atoms with Gasteiger partial charge in [-0.3, -0.25) is 4.90 Å². The number of nitrogens with zero attached hydrogens (tertiary/aromatic N) is 1. The molecule has 2 nitrogen and oxygen atoms in total. The summed E-state index contributed by atoms with van der Waals surface area (Å²) < 4.78 is 0. The second-order valence-electron chi connectivity index (χ2n) is 6.49. The topological polar surface area (TPSA) is 15.3 Å². The van der Waals surface area contributed by atoms with Crippen molar-refractivity contribution in [1.82, 2.24) is 10.2 Å². The SMILES string of the molecule is Cc1ccsc1CNCCN1CCCC1C1CCCC1. The number of nitrogens with one attached hydrogen (secondary N) is 1. The third-order valence-electron chi connectivity index (χ3n) is 5.19. The lowest BCUT2D eigenvalue weighted by Gasteiger charge is -2.29. The van der Waals surface area contributed by atoms with Gasteiger partial charge in [0, 0.05) is 30.6 Å². The first-order valence-electron chi connectivity index (χ1n) is 8.32. The molecule has 1 N–H and O–H groups in total. The van der Waals surface area contributed by atoms with Crippen LogP contribution in [-0.2, 0) is 6.54 Å². The van der Waals surface area contributed by atoms with Crippen LogP contribution in [0.1, 0.15) is 49.0 Å². The Bertz CT molecular complexity index is 409. The lowest BCUT2D eigenvalue weighted by Crippen LogP contribution is -2.39. The lowest BCUT2D eigenvalue weighted by molar-refractivity contribution is 0.191. The first-order chi connectivity index (χ1) is 9.84. The highest BCUT2D eigenvalue weighted by atomic mass is 32.1. The van der Waals surface area contributed by atoms with Crippen molar-refractivity contribution in [3.63, 3.8) is 0 Å². The third-order valence-corrected chi connectivity index (χ3v) is 6.21. The molecule has 112 valence electrons. The summed E-state index contributed by atoms with van der Waals surface area (Å²) in [6.07, 6.45) is 8.81. The highest BCUT2D eigenvalue weighted by Gasteiger charge is 2.32. The second kappa shape index (κ2) is 7.06. The van der Waals surface area contributed by atoms with Crippen LogP contribution in [0.4, 0.5) is 0 Å². The van der Waals surface area contributed by atoms with E-state index in [0.29, 0.717) is 0 Å². The van der Waals surface area contributed by atoms with E-state index in [4.69, 9.17) is 0 Å². The monoisotopic (exact) mass is 292 g/mol. The first-order valence-corrected chi connectivity index (χ1v) is 9.20. The molecule has 1 saturated carbocycles. The minimum atomic E-state index is 0.905. The number of hydrogen-bond donors (Lipinski definition) is 1. The highest BCUT2D eigenvalue weighted by Crippen LogP contribution is 2.35. The van der Waals surface area contributed by atoms with Crippen molar-refractivity contribution in [2.45, 2.75) is 58.0 Å². The van der Waals surface area contributed by atoms with Gasteiger partial charge in [0.2, 0.25) is 0 Å². The summed E-state index contributed by atoms with van der Waals surface area (Å²) in [6.45, 7) is 6.97. The van der Waals surface area contributed by atoms with Crippen LogP contribution in [-0.4, -0.2) is 30.6 Å². The molecule has 0 radical (unpaired) electrons. The van der Waals surface area contributed by atoms with E-state index >= 15 is 0 Å². The molecule has 1 aliphatic carbocycles. The molecule has 0 amide bonds. The molecular weight excluding hydrogens is 264 g/mol. The number of thiophene rings is 1. The van der Waals surface area contributed by atoms with E-state index < -0.39 is 0 Å². The average Bonchev–Trinajstić information content (AvgIpc) is 3.16. The number of likely N-dealkylation sites (tertiary alicyclic amines) is 1. The van der Waals surface area contributed by atoms with Crippen molar-refractivity contribution in [1.29, 1.82) is 0 Å². The Morgan fingerprint density at radius 1 is 1.25 bits per heavy atom. The summed E-state index contributed by atoms with van der Waals surface area (Å²) >= 11 is 1.88. The summed E-state index contributed by atoms with van der Waals surface area (Å²) in [6, 6.07) is 3.13. The minimum Gasteiger partial charge on any atom is -0.311 e. The Morgan fingerprint density at radius 3 is 2.85 bits per heavy atom. The number of rotatable bonds is 6. The molecule has 1 unspecified atom stereocenters. The summed E-state index contributed by atoms with van der Waals surface area (Å²) in [5.41, 5.74) is 1.44. The lowest BCUT2D eigenvalue weighted by atomic mass is 9.96. The van der Waals surface area contributed by atoms with Crippen molar-refractivity contribution in [3.8, 4) is 0 Å². The van der Waals surface area contributed by atoms with E-state index in [1.54, 1.807) is 0 Å². The predicted octanol–water partition coefficient (Wildman–Crippen LogP) is 3.80. The van der Waals surface area contributed by atoms with Crippen LogP contribution < -0.4 is 5.32 Å². The van der Waals surface area contributed by atoms with Crippen molar-refractivity contribution in [2.24, 2.45) is 5.92 Å². The van der Waals surface area contributed by atoms with Crippen molar-refractivity contribution < 1.29 is 0 Å². The fourth-order valence-electron chi connectivity index (χ4n) is 4.02. The van der Waals surface area contributed by atoms with Crippen LogP contribution in [0.15, 0.2) is 11.4 Å². The molecule has 20 heavy (non-hydrogen) atoms. The zero-order chi connectivity index (χ0) is 13.8. The average molecular weight is 292 g/mol. The molecule has 1 atom stereocenters. The Labute approximate surface area is 127 Å². The largest absolute Gasteiger partial charge is 0.311 e. The van der Waals surface area contributed by atoms with Gasteiger partial charge in [-0.25, -0.2) is 0 Å². The van der Waals surface area contributed by atoms with Crippen LogP contribution in [0.5, 0.6) is 0 Å². The zero-order valence-electron chi connectivity index (χ0n) is 12.7. The van der Waals surface area contributed by atoms with E-state index in [9.17, 15) is 0 Å². The second-order valence-corrected chi connectivity index (χ2v) is 7.49. The van der Waals surface area contributed by atoms with Gasteiger partial charge in [-0.1, -0.05) is 12.8 Å². The summed E-state index contributed by atoms with van der Waals surface area (Å²) in [5.74, 6) is 1.01. The summed E-state index contributed by atoms with van der Waals surface area (Å²) in [5, 5.41) is 5.83. The van der Waals surface area contributed by atoms with E-state index in [1.807, 2.05) is 11.3 Å². The minimum absolute atomic E-state index is 0.905. The third kappa shape index (κ3) is 3.44. The van der Waals surface area contributed by atoms with Gasteiger partial charge in [0.25, 0.3) is 0 Å². The Morgan fingerprint density at radius 2 is 2.10 bits per heavy atom. The molecule has 3 rings (SSSR count). The fourth-order valence-corrected chi connectivity index (χ4v) is 4.89. The molecule has 1 saturated heterocycles. The van der Waals surface area contributed by atoms with Crippen LogP contribution in [0.2, 0.25) is 0 Å². The van der Waals surface area contributed by atoms with Crippen LogP contribution >= 0.6 is 11.3 Å². The van der Waals surface area contributed by atoms with Crippen LogP contribution in [0.25, 0.3) is 0 Å². The smallest absolute Gasteiger partial charge is 0.0302 e. The Kier molecular flexibility index (Phi) is 5.14. The van der Waals surface area contributed by atoms with E-state index in [1.165, 1.54) is 62.1 Å². The maximum absolute atomic E-state index is 3.64. The number of hydrogen-bond acceptors (Lipinski definition) is 3. The van der Waals surface area contributed by atoms with Gasteiger partial charge in [0.1, 0.15) is 0 Å². The standard InChI is InChI=1S/C17H28N2S/c1-14-8-12-20-17(14)13-18-9-11-19-10-4-7-16(19)15-5-2-3-6-15/h8,12,15-16,18H,2-7,9-11,13H2,1H3. The summed E-state index contributed by atoms with van der Waals surface area (Å²) in [4.78, 5) is 4.27. The van der Waals surface area contributed by atoms with Crippen molar-refractivity contribution in [2.75, 3.05) is 19.6 Å². The molecule has 1 aromatic rings. The Balaban J connectivity index is 1.40. The molecule has 2 fully saturated rings. The van der Waals surface area contributed by atoms with Gasteiger partial charge in [0.15, 0.2) is 0 Å². The quantitative estimate of drug-likeness (QED) is 0.802. The first kappa shape index (κ1) is 14.6. The molecule has 2 aliphatic rings. The van der Waals surface area contributed by atoms with Crippen LogP contribution in [0, 0.1) is 12.8 Å². The molecule has 1 aliphatic heterocycles. The summed E-state index contributed by atoms with van der Waals surface area (Å²) in [7, 11) is 0.